The van der Waals surface area contributed by atoms with Gasteiger partial charge in [0.25, 0.3) is 0 Å². The molecule has 0 spiro atoms. The van der Waals surface area contributed by atoms with E-state index < -0.39 is 0 Å². The molecular weight excluding hydrogens is 230 g/mol. The summed E-state index contributed by atoms with van der Waals surface area (Å²) in [5.74, 6) is 1.14. The minimum Gasteiger partial charge on any atom is -0.361 e. The Bertz CT molecular complexity index is 403. The minimum absolute atomic E-state index is 0.591. The predicted octanol–water partition coefficient (Wildman–Crippen LogP) is 2.62. The molecule has 0 aromatic carbocycles. The van der Waals surface area contributed by atoms with Gasteiger partial charge in [0.1, 0.15) is 0 Å². The zero-order valence-corrected chi connectivity index (χ0v) is 11.3. The summed E-state index contributed by atoms with van der Waals surface area (Å²) < 4.78 is 0. The highest BCUT2D eigenvalue weighted by Gasteiger charge is 2.17. The molecule has 1 aromatic heterocycles. The second-order valence-corrected chi connectivity index (χ2v) is 5.15. The third-order valence-electron chi connectivity index (χ3n) is 2.98. The summed E-state index contributed by atoms with van der Waals surface area (Å²) in [5, 5.41) is 4.51. The number of aromatic nitrogens is 1. The van der Waals surface area contributed by atoms with Gasteiger partial charge in [-0.15, -0.1) is 0 Å². The van der Waals surface area contributed by atoms with Crippen LogP contribution in [0.4, 0.5) is 0 Å². The third kappa shape index (κ3) is 3.22. The summed E-state index contributed by atoms with van der Waals surface area (Å²) >= 11 is 1.82. The second-order valence-electron chi connectivity index (χ2n) is 4.14. The molecule has 1 aliphatic heterocycles. The molecule has 17 heavy (non-hydrogen) atoms. The fourth-order valence-electron chi connectivity index (χ4n) is 1.83. The van der Waals surface area contributed by atoms with Gasteiger partial charge >= 0.3 is 0 Å². The van der Waals surface area contributed by atoms with Crippen LogP contribution in [-0.4, -0.2) is 21.9 Å². The van der Waals surface area contributed by atoms with Crippen molar-refractivity contribution in [2.75, 3.05) is 5.75 Å². The first kappa shape index (κ1) is 12.4. The maximum absolute atomic E-state index is 4.61. The van der Waals surface area contributed by atoms with Gasteiger partial charge in [0.15, 0.2) is 5.17 Å². The lowest BCUT2D eigenvalue weighted by Gasteiger charge is -2.06. The number of aryl methyl sites for hydroxylation is 1. The summed E-state index contributed by atoms with van der Waals surface area (Å²) in [6.45, 7) is 5.05. The molecule has 0 radical (unpaired) electrons. The van der Waals surface area contributed by atoms with Crippen molar-refractivity contribution in [2.24, 2.45) is 4.99 Å². The number of rotatable bonds is 4. The first-order valence-electron chi connectivity index (χ1n) is 6.20. The minimum atomic E-state index is 0.591. The van der Waals surface area contributed by atoms with Crippen molar-refractivity contribution in [1.82, 2.24) is 10.3 Å². The number of aliphatic imine (C=N–C) groups is 1. The Morgan fingerprint density at radius 1 is 1.53 bits per heavy atom. The van der Waals surface area contributed by atoms with Crippen LogP contribution in [0, 0.1) is 0 Å². The highest BCUT2D eigenvalue weighted by atomic mass is 32.2. The third-order valence-corrected chi connectivity index (χ3v) is 4.07. The zero-order chi connectivity index (χ0) is 12.1. The van der Waals surface area contributed by atoms with Gasteiger partial charge < -0.3 is 5.32 Å². The summed E-state index contributed by atoms with van der Waals surface area (Å²) in [7, 11) is 0. The van der Waals surface area contributed by atoms with Crippen LogP contribution in [0.1, 0.15) is 31.5 Å². The van der Waals surface area contributed by atoms with Crippen LogP contribution in [0.3, 0.4) is 0 Å². The number of pyridine rings is 1. The topological polar surface area (TPSA) is 37.3 Å². The predicted molar refractivity (Wildman–Crippen MR) is 74.4 cm³/mol. The maximum atomic E-state index is 4.61. The molecule has 0 amide bonds. The van der Waals surface area contributed by atoms with E-state index >= 15 is 0 Å². The van der Waals surface area contributed by atoms with Crippen LogP contribution in [0.2, 0.25) is 0 Å². The van der Waals surface area contributed by atoms with Gasteiger partial charge in [-0.25, -0.2) is 0 Å². The largest absolute Gasteiger partial charge is 0.361 e. The lowest BCUT2D eigenvalue weighted by Crippen LogP contribution is -2.25. The van der Waals surface area contributed by atoms with Gasteiger partial charge in [0.2, 0.25) is 0 Å². The van der Waals surface area contributed by atoms with Crippen LogP contribution < -0.4 is 5.32 Å². The summed E-state index contributed by atoms with van der Waals surface area (Å²) in [4.78, 5) is 9.01. The molecule has 0 aliphatic carbocycles. The molecule has 1 unspecified atom stereocenters. The van der Waals surface area contributed by atoms with Crippen LogP contribution >= 0.6 is 11.8 Å². The molecule has 1 N–H and O–H groups in total. The average Bonchev–Trinajstić information content (AvgIpc) is 2.84. The summed E-state index contributed by atoms with van der Waals surface area (Å²) in [6, 6.07) is 4.71. The van der Waals surface area contributed by atoms with Crippen molar-refractivity contribution in [3.8, 4) is 0 Å². The molecule has 0 saturated carbocycles. The SMILES string of the molecule is CCc1cccnc1CN=C1NC(CC)CS1. The quantitative estimate of drug-likeness (QED) is 0.891. The molecule has 4 heteroatoms. The number of amidine groups is 1. The van der Waals surface area contributed by atoms with Crippen LogP contribution in [0.5, 0.6) is 0 Å². The van der Waals surface area contributed by atoms with Crippen molar-refractivity contribution in [3.05, 3.63) is 29.6 Å². The number of nitrogens with zero attached hydrogens (tertiary/aromatic N) is 2. The Morgan fingerprint density at radius 2 is 2.41 bits per heavy atom. The highest BCUT2D eigenvalue weighted by molar-refractivity contribution is 8.14. The molecular formula is C13H19N3S. The van der Waals surface area contributed by atoms with Gasteiger partial charge in [-0.05, 0) is 24.5 Å². The Hall–Kier alpha value is -1.03. The molecule has 0 bridgehead atoms. The average molecular weight is 249 g/mol. The smallest absolute Gasteiger partial charge is 0.157 e. The van der Waals surface area contributed by atoms with Gasteiger partial charge in [0, 0.05) is 18.0 Å². The van der Waals surface area contributed by atoms with Crippen molar-refractivity contribution in [3.63, 3.8) is 0 Å². The maximum Gasteiger partial charge on any atom is 0.157 e. The van der Waals surface area contributed by atoms with E-state index in [-0.39, 0.29) is 0 Å². The lowest BCUT2D eigenvalue weighted by molar-refractivity contribution is 0.666. The van der Waals surface area contributed by atoms with Crippen LogP contribution in [0.15, 0.2) is 23.3 Å². The number of thioether (sulfide) groups is 1. The molecule has 92 valence electrons. The van der Waals surface area contributed by atoms with Crippen molar-refractivity contribution < 1.29 is 0 Å². The van der Waals surface area contributed by atoms with Gasteiger partial charge in [-0.2, -0.15) is 0 Å². The Morgan fingerprint density at radius 3 is 3.12 bits per heavy atom. The zero-order valence-electron chi connectivity index (χ0n) is 10.4. The molecule has 2 heterocycles. The van der Waals surface area contributed by atoms with Crippen LogP contribution in [0.25, 0.3) is 0 Å². The van der Waals surface area contributed by atoms with E-state index in [1.54, 1.807) is 0 Å². The fraction of sp³-hybridized carbons (Fsp3) is 0.538. The monoisotopic (exact) mass is 249 g/mol. The lowest BCUT2D eigenvalue weighted by atomic mass is 10.1. The van der Waals surface area contributed by atoms with E-state index in [1.165, 1.54) is 5.56 Å². The van der Waals surface area contributed by atoms with Crippen molar-refractivity contribution in [2.45, 2.75) is 39.3 Å². The first-order valence-corrected chi connectivity index (χ1v) is 7.18. The number of hydrogen-bond donors (Lipinski definition) is 1. The van der Waals surface area contributed by atoms with Gasteiger partial charge in [-0.1, -0.05) is 31.7 Å². The van der Waals surface area contributed by atoms with E-state index in [0.29, 0.717) is 12.6 Å². The van der Waals surface area contributed by atoms with Crippen LogP contribution in [-0.2, 0) is 13.0 Å². The molecule has 1 aromatic rings. The Labute approximate surface area is 107 Å². The van der Waals surface area contributed by atoms with E-state index in [0.717, 1.165) is 29.5 Å². The van der Waals surface area contributed by atoms with Crippen molar-refractivity contribution >= 4 is 16.9 Å². The number of hydrogen-bond acceptors (Lipinski definition) is 3. The van der Waals surface area contributed by atoms with E-state index in [9.17, 15) is 0 Å². The fourth-order valence-corrected chi connectivity index (χ4v) is 2.91. The molecule has 1 atom stereocenters. The normalized spacial score (nSPS) is 21.8. The summed E-state index contributed by atoms with van der Waals surface area (Å²) in [5.41, 5.74) is 2.40. The van der Waals surface area contributed by atoms with E-state index in [1.807, 2.05) is 24.0 Å². The molecule has 1 fully saturated rings. The molecule has 1 aliphatic rings. The first-order chi connectivity index (χ1) is 8.33. The highest BCUT2D eigenvalue weighted by Crippen LogP contribution is 2.16. The van der Waals surface area contributed by atoms with Gasteiger partial charge in [0.05, 0.1) is 12.2 Å². The molecule has 3 nitrogen and oxygen atoms in total. The van der Waals surface area contributed by atoms with Crippen molar-refractivity contribution in [1.29, 1.82) is 0 Å². The second kappa shape index (κ2) is 6.05. The summed E-state index contributed by atoms with van der Waals surface area (Å²) in [6.07, 6.45) is 4.03. The van der Waals surface area contributed by atoms with E-state index in [4.69, 9.17) is 0 Å². The molecule has 2 rings (SSSR count). The van der Waals surface area contributed by atoms with Gasteiger partial charge in [-0.3, -0.25) is 9.98 Å². The van der Waals surface area contributed by atoms with E-state index in [2.05, 4.69) is 35.2 Å². The molecule has 1 saturated heterocycles. The standard InChI is InChI=1S/C13H19N3S/c1-3-10-6-5-7-14-12(10)8-15-13-16-11(4-2)9-17-13/h5-7,11H,3-4,8-9H2,1-2H3,(H,15,16). The Kier molecular flexibility index (Phi) is 4.42. The Balaban J connectivity index is 2.00. The number of nitrogens with one attached hydrogen (secondary N) is 1.